The Bertz CT molecular complexity index is 634. The van der Waals surface area contributed by atoms with Crippen LogP contribution in [-0.2, 0) is 18.6 Å². The highest BCUT2D eigenvalue weighted by Crippen LogP contribution is 2.24. The minimum Gasteiger partial charge on any atom is -0.493 e. The van der Waals surface area contributed by atoms with Crippen molar-refractivity contribution in [2.75, 3.05) is 12.4 Å². The van der Waals surface area contributed by atoms with Crippen LogP contribution in [-0.4, -0.2) is 17.3 Å². The number of benzene rings is 1. The molecule has 5 heteroatoms. The predicted octanol–water partition coefficient (Wildman–Crippen LogP) is 5.16. The molecule has 2 aromatic rings. The summed E-state index contributed by atoms with van der Waals surface area (Å²) in [5.74, 6) is 3.84. The molecule has 0 aliphatic rings. The number of thioether (sulfide) groups is 1. The Morgan fingerprint density at radius 1 is 1.27 bits per heavy atom. The molecule has 0 saturated carbocycles. The van der Waals surface area contributed by atoms with Gasteiger partial charge in [0, 0.05) is 6.20 Å². The van der Waals surface area contributed by atoms with Gasteiger partial charge in [0.1, 0.15) is 11.5 Å². The minimum atomic E-state index is 0.446. The van der Waals surface area contributed by atoms with E-state index in [9.17, 15) is 0 Å². The lowest BCUT2D eigenvalue weighted by Crippen LogP contribution is -2.03. The van der Waals surface area contributed by atoms with E-state index in [-0.39, 0.29) is 0 Å². The van der Waals surface area contributed by atoms with E-state index < -0.39 is 0 Å². The van der Waals surface area contributed by atoms with Crippen molar-refractivity contribution < 1.29 is 9.15 Å². The second kappa shape index (κ2) is 9.06. The lowest BCUT2D eigenvalue weighted by Gasteiger charge is -2.13. The summed E-state index contributed by atoms with van der Waals surface area (Å²) in [6.45, 7) is 5.13. The molecule has 0 aliphatic heterocycles. The van der Waals surface area contributed by atoms with Crippen LogP contribution in [0.4, 0.5) is 0 Å². The van der Waals surface area contributed by atoms with Gasteiger partial charge in [0.25, 0.3) is 4.84 Å². The Hall–Kier alpha value is -1.20. The average Bonchev–Trinajstić information content (AvgIpc) is 2.95. The third-order valence-corrected chi connectivity index (χ3v) is 4.74. The minimum absolute atomic E-state index is 0.446. The number of aryl methyl sites for hydroxylation is 1. The first kappa shape index (κ1) is 17.2. The topological polar surface area (TPSA) is 38.2 Å². The number of H-pyrrole nitrogens is 1. The zero-order chi connectivity index (χ0) is 15.8. The number of ether oxygens (including phenoxy) is 1. The van der Waals surface area contributed by atoms with E-state index in [4.69, 9.17) is 21.4 Å². The Kier molecular flexibility index (Phi) is 7.06. The Morgan fingerprint density at radius 3 is 2.82 bits per heavy atom. The van der Waals surface area contributed by atoms with Crippen molar-refractivity contribution in [2.24, 2.45) is 0 Å². The molecule has 22 heavy (non-hydrogen) atoms. The van der Waals surface area contributed by atoms with Gasteiger partial charge in [0.05, 0.1) is 12.4 Å². The van der Waals surface area contributed by atoms with Gasteiger partial charge in [-0.2, -0.15) is 11.8 Å². The van der Waals surface area contributed by atoms with Crippen LogP contribution in [0.25, 0.3) is 0 Å². The highest BCUT2D eigenvalue weighted by Gasteiger charge is 2.06. The molecule has 1 heterocycles. The number of nitrogens with one attached hydrogen (secondary N) is 1. The van der Waals surface area contributed by atoms with Gasteiger partial charge in [0.2, 0.25) is 0 Å². The van der Waals surface area contributed by atoms with Crippen molar-refractivity contribution >= 4 is 24.0 Å². The first-order valence-electron chi connectivity index (χ1n) is 7.73. The number of hydrogen-bond donors (Lipinski definition) is 1. The lowest BCUT2D eigenvalue weighted by molar-refractivity contribution is 0.315. The summed E-state index contributed by atoms with van der Waals surface area (Å²) < 4.78 is 11.3. The molecular weight excluding hydrogens is 314 g/mol. The van der Waals surface area contributed by atoms with Gasteiger partial charge in [-0.15, -0.1) is 0 Å². The summed E-state index contributed by atoms with van der Waals surface area (Å²) in [5, 5.41) is 0. The van der Waals surface area contributed by atoms with E-state index in [1.807, 2.05) is 18.0 Å². The molecule has 1 aromatic carbocycles. The maximum absolute atomic E-state index is 5.97. The molecule has 120 valence electrons. The normalized spacial score (nSPS) is 10.8. The number of hydrogen-bond acceptors (Lipinski definition) is 4. The summed E-state index contributed by atoms with van der Waals surface area (Å²) in [6, 6.07) is 6.35. The number of aromatic nitrogens is 1. The Balaban J connectivity index is 1.71. The van der Waals surface area contributed by atoms with Gasteiger partial charge < -0.3 is 14.1 Å². The van der Waals surface area contributed by atoms with Crippen molar-refractivity contribution in [3.05, 3.63) is 46.1 Å². The van der Waals surface area contributed by atoms with E-state index in [0.29, 0.717) is 4.84 Å². The van der Waals surface area contributed by atoms with Crippen molar-refractivity contribution in [2.45, 2.75) is 38.9 Å². The third kappa shape index (κ3) is 4.92. The summed E-state index contributed by atoms with van der Waals surface area (Å²) in [5.41, 5.74) is 2.74. The molecule has 0 fully saturated rings. The fraction of sp³-hybridized carbons (Fsp3) is 0.471. The van der Waals surface area contributed by atoms with Gasteiger partial charge in [-0.1, -0.05) is 26.0 Å². The highest BCUT2D eigenvalue weighted by molar-refractivity contribution is 7.98. The molecule has 0 atom stereocenters. The molecule has 0 spiro atoms. The maximum atomic E-state index is 5.97. The fourth-order valence-electron chi connectivity index (χ4n) is 2.38. The number of oxazole rings is 1. The molecule has 1 aromatic heterocycles. The quantitative estimate of drug-likeness (QED) is 0.506. The maximum Gasteiger partial charge on any atom is 0.266 e. The van der Waals surface area contributed by atoms with Crippen LogP contribution >= 0.6 is 24.0 Å². The first-order valence-corrected chi connectivity index (χ1v) is 9.29. The van der Waals surface area contributed by atoms with Crippen molar-refractivity contribution in [3.8, 4) is 5.75 Å². The van der Waals surface area contributed by atoms with Crippen LogP contribution in [0, 0.1) is 4.84 Å². The Morgan fingerprint density at radius 2 is 2.14 bits per heavy atom. The fourth-order valence-corrected chi connectivity index (χ4v) is 3.36. The van der Waals surface area contributed by atoms with Crippen LogP contribution in [0.15, 0.2) is 28.8 Å². The molecule has 0 aliphatic carbocycles. The van der Waals surface area contributed by atoms with E-state index in [1.54, 1.807) is 0 Å². The van der Waals surface area contributed by atoms with E-state index in [0.717, 1.165) is 48.9 Å². The summed E-state index contributed by atoms with van der Waals surface area (Å²) in [7, 11) is 0. The first-order chi connectivity index (χ1) is 10.7. The number of rotatable bonds is 9. The van der Waals surface area contributed by atoms with E-state index >= 15 is 0 Å². The molecular formula is C17H23NO2S2. The van der Waals surface area contributed by atoms with Crippen molar-refractivity contribution in [1.82, 2.24) is 4.98 Å². The second-order valence-corrected chi connectivity index (χ2v) is 6.48. The summed E-state index contributed by atoms with van der Waals surface area (Å²) in [6.07, 6.45) is 4.93. The molecule has 2 rings (SSSR count). The van der Waals surface area contributed by atoms with E-state index in [2.05, 4.69) is 37.0 Å². The van der Waals surface area contributed by atoms with Gasteiger partial charge in [-0.05, 0) is 54.4 Å². The number of aromatic amines is 1. The van der Waals surface area contributed by atoms with Crippen LogP contribution in [0.1, 0.15) is 37.2 Å². The Labute approximate surface area is 141 Å². The lowest BCUT2D eigenvalue weighted by atomic mass is 10.0. The van der Waals surface area contributed by atoms with Gasteiger partial charge >= 0.3 is 0 Å². The van der Waals surface area contributed by atoms with Crippen LogP contribution in [0.2, 0.25) is 0 Å². The largest absolute Gasteiger partial charge is 0.493 e. The molecule has 0 bridgehead atoms. The predicted molar refractivity (Wildman–Crippen MR) is 95.4 cm³/mol. The zero-order valence-corrected chi connectivity index (χ0v) is 14.8. The zero-order valence-electron chi connectivity index (χ0n) is 13.2. The highest BCUT2D eigenvalue weighted by atomic mass is 32.2. The van der Waals surface area contributed by atoms with Crippen LogP contribution < -0.4 is 4.74 Å². The molecule has 0 amide bonds. The summed E-state index contributed by atoms with van der Waals surface area (Å²) in [4.78, 5) is 3.32. The molecule has 0 unspecified atom stereocenters. The van der Waals surface area contributed by atoms with Gasteiger partial charge in [-0.25, -0.2) is 0 Å². The van der Waals surface area contributed by atoms with Crippen molar-refractivity contribution in [3.63, 3.8) is 0 Å². The molecule has 0 radical (unpaired) electrons. The second-order valence-electron chi connectivity index (χ2n) is 5.00. The molecule has 1 N–H and O–H groups in total. The van der Waals surface area contributed by atoms with E-state index in [1.165, 1.54) is 11.1 Å². The van der Waals surface area contributed by atoms with Crippen LogP contribution in [0.5, 0.6) is 5.75 Å². The SMILES string of the molecule is CCc1cccc(OCCCSCc2c[nH]c(=S)o2)c1CC. The molecule has 0 saturated heterocycles. The van der Waals surface area contributed by atoms with Gasteiger partial charge in [0.15, 0.2) is 0 Å². The average molecular weight is 338 g/mol. The van der Waals surface area contributed by atoms with Crippen molar-refractivity contribution in [1.29, 1.82) is 0 Å². The monoisotopic (exact) mass is 337 g/mol. The van der Waals surface area contributed by atoms with Gasteiger partial charge in [-0.3, -0.25) is 0 Å². The van der Waals surface area contributed by atoms with Crippen LogP contribution in [0.3, 0.4) is 0 Å². The third-order valence-electron chi connectivity index (χ3n) is 3.47. The smallest absolute Gasteiger partial charge is 0.266 e. The molecule has 3 nitrogen and oxygen atoms in total. The standard InChI is InChI=1S/C17H23NO2S2/c1-3-13-7-5-8-16(15(13)4-2)19-9-6-10-22-12-14-11-18-17(21)20-14/h5,7-8,11H,3-4,6,9-10,12H2,1-2H3,(H,18,21). The summed E-state index contributed by atoms with van der Waals surface area (Å²) >= 11 is 6.73.